The quantitative estimate of drug-likeness (QED) is 0.813. The molecule has 0 bridgehead atoms. The molecule has 2 rings (SSSR count). The Labute approximate surface area is 104 Å². The first-order valence-electron chi connectivity index (χ1n) is 6.70. The lowest BCUT2D eigenvalue weighted by atomic mass is 9.80. The maximum atomic E-state index is 10.2. The van der Waals surface area contributed by atoms with E-state index in [2.05, 4.69) is 6.92 Å². The topological polar surface area (TPSA) is 29.5 Å². The Balaban J connectivity index is 1.93. The highest BCUT2D eigenvalue weighted by Gasteiger charge is 2.21. The van der Waals surface area contributed by atoms with Crippen LogP contribution in [0.15, 0.2) is 24.3 Å². The maximum Gasteiger partial charge on any atom is 0.119 e. The maximum absolute atomic E-state index is 10.2. The normalized spacial score (nSPS) is 17.5. The summed E-state index contributed by atoms with van der Waals surface area (Å²) in [6, 6.07) is 7.88. The third-order valence-corrected chi connectivity index (χ3v) is 3.50. The fourth-order valence-corrected chi connectivity index (χ4v) is 2.21. The van der Waals surface area contributed by atoms with Crippen LogP contribution in [0, 0.1) is 5.92 Å². The third kappa shape index (κ3) is 3.47. The molecule has 1 aliphatic carbocycles. The first-order valence-corrected chi connectivity index (χ1v) is 6.70. The molecule has 0 spiro atoms. The van der Waals surface area contributed by atoms with E-state index in [-0.39, 0.29) is 6.10 Å². The van der Waals surface area contributed by atoms with Crippen molar-refractivity contribution in [2.24, 2.45) is 5.92 Å². The molecule has 1 unspecified atom stereocenters. The molecule has 94 valence electrons. The van der Waals surface area contributed by atoms with Crippen molar-refractivity contribution in [2.75, 3.05) is 6.61 Å². The second-order valence-electron chi connectivity index (χ2n) is 4.97. The second kappa shape index (κ2) is 6.06. The van der Waals surface area contributed by atoms with Crippen LogP contribution in [0.1, 0.15) is 50.7 Å². The van der Waals surface area contributed by atoms with Gasteiger partial charge in [-0.15, -0.1) is 0 Å². The summed E-state index contributed by atoms with van der Waals surface area (Å²) in [7, 11) is 0. The van der Waals surface area contributed by atoms with Crippen molar-refractivity contribution in [3.8, 4) is 5.75 Å². The van der Waals surface area contributed by atoms with Crippen LogP contribution in [0.3, 0.4) is 0 Å². The zero-order valence-corrected chi connectivity index (χ0v) is 10.6. The van der Waals surface area contributed by atoms with Gasteiger partial charge >= 0.3 is 0 Å². The second-order valence-corrected chi connectivity index (χ2v) is 4.97. The van der Waals surface area contributed by atoms with Crippen LogP contribution in [0.2, 0.25) is 0 Å². The number of aliphatic hydroxyl groups is 1. The first-order chi connectivity index (χ1) is 8.29. The molecule has 17 heavy (non-hydrogen) atoms. The van der Waals surface area contributed by atoms with E-state index in [9.17, 15) is 5.11 Å². The number of rotatable bonds is 6. The largest absolute Gasteiger partial charge is 0.494 e. The predicted octanol–water partition coefficient (Wildman–Crippen LogP) is 3.70. The highest BCUT2D eigenvalue weighted by atomic mass is 16.5. The van der Waals surface area contributed by atoms with Gasteiger partial charge in [-0.05, 0) is 36.5 Å². The van der Waals surface area contributed by atoms with Gasteiger partial charge < -0.3 is 9.84 Å². The van der Waals surface area contributed by atoms with Crippen molar-refractivity contribution in [3.63, 3.8) is 0 Å². The van der Waals surface area contributed by atoms with Gasteiger partial charge in [-0.25, -0.2) is 0 Å². The highest BCUT2D eigenvalue weighted by Crippen LogP contribution is 2.35. The molecule has 1 fully saturated rings. The monoisotopic (exact) mass is 234 g/mol. The molecular formula is C15H22O2. The molecule has 1 aromatic carbocycles. The summed E-state index contributed by atoms with van der Waals surface area (Å²) in [6.45, 7) is 2.83. The van der Waals surface area contributed by atoms with Crippen molar-refractivity contribution in [1.82, 2.24) is 0 Å². The van der Waals surface area contributed by atoms with Crippen LogP contribution in [0.4, 0.5) is 0 Å². The first kappa shape index (κ1) is 12.4. The van der Waals surface area contributed by atoms with Crippen LogP contribution < -0.4 is 4.74 Å². The van der Waals surface area contributed by atoms with Gasteiger partial charge in [0.15, 0.2) is 0 Å². The lowest BCUT2D eigenvalue weighted by molar-refractivity contribution is 0.118. The molecule has 1 N–H and O–H groups in total. The van der Waals surface area contributed by atoms with E-state index in [0.717, 1.165) is 36.7 Å². The Morgan fingerprint density at radius 2 is 2.24 bits per heavy atom. The molecule has 0 heterocycles. The molecule has 1 aromatic rings. The van der Waals surface area contributed by atoms with Crippen LogP contribution in [-0.2, 0) is 0 Å². The number of aliphatic hydroxyl groups excluding tert-OH is 1. The third-order valence-electron chi connectivity index (χ3n) is 3.50. The molecule has 1 saturated carbocycles. The molecule has 1 aliphatic rings. The average Bonchev–Trinajstić information content (AvgIpc) is 2.31. The lowest BCUT2D eigenvalue weighted by Gasteiger charge is -2.27. The van der Waals surface area contributed by atoms with Crippen molar-refractivity contribution in [3.05, 3.63) is 29.8 Å². The minimum atomic E-state index is -0.328. The Bertz CT molecular complexity index is 345. The van der Waals surface area contributed by atoms with E-state index in [1.54, 1.807) is 0 Å². The van der Waals surface area contributed by atoms with Gasteiger partial charge in [0.05, 0.1) is 12.7 Å². The number of ether oxygens (including phenoxy) is 1. The number of benzene rings is 1. The summed E-state index contributed by atoms with van der Waals surface area (Å²) >= 11 is 0. The molecule has 0 aliphatic heterocycles. The summed E-state index contributed by atoms with van der Waals surface area (Å²) in [5, 5.41) is 10.2. The molecule has 2 heteroatoms. The smallest absolute Gasteiger partial charge is 0.119 e. The Hall–Kier alpha value is -1.02. The standard InChI is InChI=1S/C15H22O2/c1-2-9-17-14-8-4-7-13(11-14)15(16)10-12-5-3-6-12/h4,7-8,11-12,15-16H,2-3,5-6,9-10H2,1H3. The molecule has 1 atom stereocenters. The molecule has 0 amide bonds. The van der Waals surface area contributed by atoms with E-state index in [1.165, 1.54) is 19.3 Å². The molecule has 0 aromatic heterocycles. The van der Waals surface area contributed by atoms with Crippen LogP contribution in [0.5, 0.6) is 5.75 Å². The fraction of sp³-hybridized carbons (Fsp3) is 0.600. The SMILES string of the molecule is CCCOc1cccc(C(O)CC2CCC2)c1. The summed E-state index contributed by atoms with van der Waals surface area (Å²) in [5.74, 6) is 1.60. The van der Waals surface area contributed by atoms with Gasteiger partial charge in [0, 0.05) is 0 Å². The summed E-state index contributed by atoms with van der Waals surface area (Å²) in [6.07, 6.45) is 5.47. The van der Waals surface area contributed by atoms with Gasteiger partial charge in [-0.3, -0.25) is 0 Å². The van der Waals surface area contributed by atoms with Crippen molar-refractivity contribution in [1.29, 1.82) is 0 Å². The molecule has 2 nitrogen and oxygen atoms in total. The summed E-state index contributed by atoms with van der Waals surface area (Å²) < 4.78 is 5.58. The summed E-state index contributed by atoms with van der Waals surface area (Å²) in [5.41, 5.74) is 0.991. The minimum Gasteiger partial charge on any atom is -0.494 e. The lowest BCUT2D eigenvalue weighted by Crippen LogP contribution is -2.14. The minimum absolute atomic E-state index is 0.328. The summed E-state index contributed by atoms with van der Waals surface area (Å²) in [4.78, 5) is 0. The van der Waals surface area contributed by atoms with E-state index in [1.807, 2.05) is 24.3 Å². The van der Waals surface area contributed by atoms with Gasteiger partial charge in [0.25, 0.3) is 0 Å². The van der Waals surface area contributed by atoms with E-state index in [4.69, 9.17) is 4.74 Å². The van der Waals surface area contributed by atoms with E-state index in [0.29, 0.717) is 0 Å². The molecular weight excluding hydrogens is 212 g/mol. The Kier molecular flexibility index (Phi) is 4.43. The molecule has 0 radical (unpaired) electrons. The predicted molar refractivity (Wildman–Crippen MR) is 69.1 cm³/mol. The zero-order chi connectivity index (χ0) is 12.1. The van der Waals surface area contributed by atoms with E-state index < -0.39 is 0 Å². The molecule has 0 saturated heterocycles. The average molecular weight is 234 g/mol. The number of hydrogen-bond donors (Lipinski definition) is 1. The Morgan fingerprint density at radius 1 is 1.41 bits per heavy atom. The van der Waals surface area contributed by atoms with Gasteiger partial charge in [0.2, 0.25) is 0 Å². The van der Waals surface area contributed by atoms with Crippen LogP contribution in [0.25, 0.3) is 0 Å². The Morgan fingerprint density at radius 3 is 2.88 bits per heavy atom. The van der Waals surface area contributed by atoms with Crippen molar-refractivity contribution < 1.29 is 9.84 Å². The van der Waals surface area contributed by atoms with Crippen LogP contribution in [-0.4, -0.2) is 11.7 Å². The zero-order valence-electron chi connectivity index (χ0n) is 10.6. The van der Waals surface area contributed by atoms with Crippen molar-refractivity contribution in [2.45, 2.75) is 45.1 Å². The van der Waals surface area contributed by atoms with Gasteiger partial charge in [-0.1, -0.05) is 38.3 Å². The van der Waals surface area contributed by atoms with Crippen molar-refractivity contribution >= 4 is 0 Å². The van der Waals surface area contributed by atoms with E-state index >= 15 is 0 Å². The van der Waals surface area contributed by atoms with Gasteiger partial charge in [0.1, 0.15) is 5.75 Å². The fourth-order valence-electron chi connectivity index (χ4n) is 2.21. The van der Waals surface area contributed by atoms with Gasteiger partial charge in [-0.2, -0.15) is 0 Å². The van der Waals surface area contributed by atoms with Crippen LogP contribution >= 0.6 is 0 Å². The number of hydrogen-bond acceptors (Lipinski definition) is 2. The highest BCUT2D eigenvalue weighted by molar-refractivity contribution is 5.29.